The summed E-state index contributed by atoms with van der Waals surface area (Å²) in [5.74, 6) is -0.0773. The molecule has 144 valence electrons. The van der Waals surface area contributed by atoms with E-state index in [1.165, 1.54) is 18.4 Å². The number of ketones is 1. The Morgan fingerprint density at radius 3 is 2.46 bits per heavy atom. The molecule has 5 nitrogen and oxygen atoms in total. The van der Waals surface area contributed by atoms with Crippen molar-refractivity contribution in [3.63, 3.8) is 0 Å². The van der Waals surface area contributed by atoms with Gasteiger partial charge in [-0.2, -0.15) is 0 Å². The number of hydrogen-bond acceptors (Lipinski definition) is 5. The average molecular weight is 418 g/mol. The first-order valence-electron chi connectivity index (χ1n) is 8.34. The normalized spacial score (nSPS) is 11.5. The van der Waals surface area contributed by atoms with Crippen LogP contribution in [0.5, 0.6) is 5.75 Å². The van der Waals surface area contributed by atoms with Crippen LogP contribution in [0.1, 0.15) is 15.9 Å². The number of nitrogens with zero attached hydrogens (tertiary/aromatic N) is 1. The monoisotopic (exact) mass is 417 g/mol. The molecule has 0 N–H and O–H groups in total. The summed E-state index contributed by atoms with van der Waals surface area (Å²) in [4.78, 5) is 26.8. The van der Waals surface area contributed by atoms with Crippen LogP contribution in [0.4, 0.5) is 0 Å². The molecule has 3 rings (SSSR count). The average Bonchev–Trinajstić information content (AvgIpc) is 2.65. The van der Waals surface area contributed by atoms with Crippen molar-refractivity contribution in [1.29, 1.82) is 0 Å². The molecule has 3 aromatic rings. The molecule has 0 aliphatic heterocycles. The zero-order valence-corrected chi connectivity index (χ0v) is 17.0. The molecule has 0 aliphatic carbocycles. The zero-order chi connectivity index (χ0) is 20.4. The Morgan fingerprint density at radius 2 is 1.82 bits per heavy atom. The van der Waals surface area contributed by atoms with E-state index in [2.05, 4.69) is 0 Å². The van der Waals surface area contributed by atoms with E-state index in [4.69, 9.17) is 32.4 Å². The topological polar surface area (TPSA) is 59.8 Å². The lowest BCUT2D eigenvalue weighted by Gasteiger charge is -2.14. The largest absolute Gasteiger partial charge is 0.464 e. The zero-order valence-electron chi connectivity index (χ0n) is 15.5. The van der Waals surface area contributed by atoms with Crippen molar-refractivity contribution in [2.24, 2.45) is 0 Å². The third kappa shape index (κ3) is 4.21. The fourth-order valence-electron chi connectivity index (χ4n) is 2.53. The third-order valence-electron chi connectivity index (χ3n) is 3.93. The number of rotatable bonds is 5. The molecule has 0 unspecified atom stereocenters. The van der Waals surface area contributed by atoms with Gasteiger partial charge < -0.3 is 14.1 Å². The van der Waals surface area contributed by atoms with Crippen LogP contribution in [0.25, 0.3) is 11.0 Å². The van der Waals surface area contributed by atoms with Crippen molar-refractivity contribution in [3.05, 3.63) is 86.0 Å². The second-order valence-electron chi connectivity index (χ2n) is 6.42. The molecule has 0 aliphatic rings. The molecule has 0 radical (unpaired) electrons. The summed E-state index contributed by atoms with van der Waals surface area (Å²) >= 11 is 12.2. The molecule has 0 atom stereocenters. The van der Waals surface area contributed by atoms with Crippen molar-refractivity contribution in [2.75, 3.05) is 14.1 Å². The highest BCUT2D eigenvalue weighted by Gasteiger charge is 2.18. The van der Waals surface area contributed by atoms with Crippen molar-refractivity contribution >= 4 is 40.0 Å². The highest BCUT2D eigenvalue weighted by molar-refractivity contribution is 6.33. The van der Waals surface area contributed by atoms with Crippen LogP contribution in [-0.2, 0) is 0 Å². The van der Waals surface area contributed by atoms with Gasteiger partial charge in [-0.15, -0.1) is 0 Å². The molecule has 0 saturated carbocycles. The number of benzene rings is 2. The highest BCUT2D eigenvalue weighted by atomic mass is 35.5. The maximum atomic E-state index is 12.9. The predicted octanol–water partition coefficient (Wildman–Crippen LogP) is 5.07. The molecule has 0 saturated heterocycles. The minimum Gasteiger partial charge on any atom is -0.464 e. The van der Waals surface area contributed by atoms with Crippen LogP contribution >= 0.6 is 23.2 Å². The van der Waals surface area contributed by atoms with Crippen LogP contribution in [-0.4, -0.2) is 24.8 Å². The molecule has 1 aromatic heterocycles. The second kappa shape index (κ2) is 8.09. The first-order valence-corrected chi connectivity index (χ1v) is 9.10. The van der Waals surface area contributed by atoms with Gasteiger partial charge in [0, 0.05) is 42.5 Å². The third-order valence-corrected chi connectivity index (χ3v) is 4.47. The van der Waals surface area contributed by atoms with E-state index in [1.54, 1.807) is 56.4 Å². The summed E-state index contributed by atoms with van der Waals surface area (Å²) < 4.78 is 11.3. The smallest absolute Gasteiger partial charge is 0.229 e. The summed E-state index contributed by atoms with van der Waals surface area (Å²) in [6.07, 6.45) is 2.92. The van der Waals surface area contributed by atoms with E-state index in [1.807, 2.05) is 0 Å². The number of aryl methyl sites for hydroxylation is 1. The van der Waals surface area contributed by atoms with Gasteiger partial charge >= 0.3 is 0 Å². The van der Waals surface area contributed by atoms with E-state index in [0.717, 1.165) is 0 Å². The van der Waals surface area contributed by atoms with Crippen LogP contribution in [0.15, 0.2) is 63.8 Å². The SMILES string of the molecule is Cc1coc2cc(O/C(=C\N(C)C)C(=O)c3ccc(Cl)cc3)c(Cl)cc2c1=O. The highest BCUT2D eigenvalue weighted by Crippen LogP contribution is 2.31. The van der Waals surface area contributed by atoms with Gasteiger partial charge in [0.2, 0.25) is 5.78 Å². The van der Waals surface area contributed by atoms with E-state index < -0.39 is 0 Å². The van der Waals surface area contributed by atoms with E-state index >= 15 is 0 Å². The number of carbonyl (C=O) groups is 1. The fourth-order valence-corrected chi connectivity index (χ4v) is 2.86. The van der Waals surface area contributed by atoms with Gasteiger partial charge in [-0.25, -0.2) is 0 Å². The second-order valence-corrected chi connectivity index (χ2v) is 7.27. The number of fused-ring (bicyclic) bond motifs is 1. The summed E-state index contributed by atoms with van der Waals surface area (Å²) in [6.45, 7) is 1.66. The Hall–Kier alpha value is -2.76. The van der Waals surface area contributed by atoms with Crippen LogP contribution in [0.3, 0.4) is 0 Å². The van der Waals surface area contributed by atoms with Gasteiger partial charge in [-0.3, -0.25) is 9.59 Å². The molecule has 28 heavy (non-hydrogen) atoms. The van der Waals surface area contributed by atoms with Gasteiger partial charge in [-0.1, -0.05) is 23.2 Å². The lowest BCUT2D eigenvalue weighted by molar-refractivity contribution is 0.0982. The Labute approximate surface area is 171 Å². The van der Waals surface area contributed by atoms with Crippen LogP contribution < -0.4 is 10.2 Å². The summed E-state index contributed by atoms with van der Waals surface area (Å²) in [6, 6.07) is 9.45. The van der Waals surface area contributed by atoms with E-state index in [9.17, 15) is 9.59 Å². The first kappa shape index (κ1) is 20.0. The fraction of sp³-hybridized carbons (Fsp3) is 0.143. The summed E-state index contributed by atoms with van der Waals surface area (Å²) in [5, 5.41) is 1.07. The molecule has 0 fully saturated rings. The Bertz CT molecular complexity index is 1130. The molecule has 0 amide bonds. The Morgan fingerprint density at radius 1 is 1.14 bits per heavy atom. The Kier molecular flexibility index (Phi) is 5.77. The van der Waals surface area contributed by atoms with Gasteiger partial charge in [0.15, 0.2) is 11.2 Å². The van der Waals surface area contributed by atoms with Crippen molar-refractivity contribution in [2.45, 2.75) is 6.92 Å². The molecule has 0 bridgehead atoms. The van der Waals surface area contributed by atoms with Crippen LogP contribution in [0, 0.1) is 6.92 Å². The number of allylic oxidation sites excluding steroid dienone is 1. The van der Waals surface area contributed by atoms with Crippen LogP contribution in [0.2, 0.25) is 10.0 Å². The van der Waals surface area contributed by atoms with Crippen molar-refractivity contribution in [1.82, 2.24) is 4.90 Å². The van der Waals surface area contributed by atoms with E-state index in [0.29, 0.717) is 27.1 Å². The van der Waals surface area contributed by atoms with Gasteiger partial charge in [0.25, 0.3) is 0 Å². The minimum atomic E-state index is -0.341. The number of hydrogen-bond donors (Lipinski definition) is 0. The molecule has 2 aromatic carbocycles. The first-order chi connectivity index (χ1) is 13.3. The molecule has 1 heterocycles. The molecule has 0 spiro atoms. The standard InChI is InChI=1S/C21H17Cl2NO4/c1-12-11-27-17-9-18(16(23)8-15(17)20(12)25)28-19(10-24(2)3)21(26)13-4-6-14(22)7-5-13/h4-11H,1-3H3/b19-10-. The molecular formula is C21H17Cl2NO4. The van der Waals surface area contributed by atoms with E-state index in [-0.39, 0.29) is 27.7 Å². The molecule has 7 heteroatoms. The lowest BCUT2D eigenvalue weighted by atomic mass is 10.1. The quantitative estimate of drug-likeness (QED) is 0.329. The van der Waals surface area contributed by atoms with Gasteiger partial charge in [0.05, 0.1) is 16.7 Å². The maximum Gasteiger partial charge on any atom is 0.229 e. The van der Waals surface area contributed by atoms with Gasteiger partial charge in [-0.05, 0) is 37.3 Å². The summed E-state index contributed by atoms with van der Waals surface area (Å²) in [5.41, 5.74) is 1.04. The van der Waals surface area contributed by atoms with Crippen molar-refractivity contribution in [3.8, 4) is 5.75 Å². The number of Topliss-reactive ketones (excluding diaryl/α,β-unsaturated/α-hetero) is 1. The number of carbonyl (C=O) groups excluding carboxylic acids is 1. The lowest BCUT2D eigenvalue weighted by Crippen LogP contribution is -2.15. The maximum absolute atomic E-state index is 12.9. The number of halogens is 2. The Balaban J connectivity index is 2.03. The minimum absolute atomic E-state index is 0.0584. The summed E-state index contributed by atoms with van der Waals surface area (Å²) in [7, 11) is 3.53. The van der Waals surface area contributed by atoms with Gasteiger partial charge in [0.1, 0.15) is 11.3 Å². The number of ether oxygens (including phenoxy) is 1. The molecular weight excluding hydrogens is 401 g/mol. The predicted molar refractivity (Wildman–Crippen MR) is 110 cm³/mol. The van der Waals surface area contributed by atoms with Crippen molar-refractivity contribution < 1.29 is 13.9 Å².